The van der Waals surface area contributed by atoms with Gasteiger partial charge in [0.1, 0.15) is 5.82 Å². The molecule has 0 bridgehead atoms. The van der Waals surface area contributed by atoms with Crippen LogP contribution in [-0.4, -0.2) is 14.8 Å². The predicted molar refractivity (Wildman–Crippen MR) is 97.8 cm³/mol. The van der Waals surface area contributed by atoms with E-state index < -0.39 is 0 Å². The maximum Gasteiger partial charge on any atom is 0.280 e. The van der Waals surface area contributed by atoms with Crippen LogP contribution >= 0.6 is 0 Å². The Morgan fingerprint density at radius 3 is 2.84 bits per heavy atom. The van der Waals surface area contributed by atoms with Gasteiger partial charge in [0.15, 0.2) is 0 Å². The highest BCUT2D eigenvalue weighted by atomic mass is 19.1. The fourth-order valence-electron chi connectivity index (χ4n) is 3.14. The Morgan fingerprint density at radius 1 is 1.16 bits per heavy atom. The molecule has 4 nitrogen and oxygen atoms in total. The number of nitrogens with zero attached hydrogens (tertiary/aromatic N) is 2. The van der Waals surface area contributed by atoms with Crippen molar-refractivity contribution in [1.82, 2.24) is 14.8 Å². The largest absolute Gasteiger partial charge is 0.290 e. The first-order valence-electron chi connectivity index (χ1n) is 8.45. The minimum absolute atomic E-state index is 0.228. The van der Waals surface area contributed by atoms with Crippen molar-refractivity contribution < 1.29 is 4.39 Å². The van der Waals surface area contributed by atoms with Crippen molar-refractivity contribution in [2.75, 3.05) is 0 Å². The van der Waals surface area contributed by atoms with Crippen molar-refractivity contribution in [3.8, 4) is 5.69 Å². The van der Waals surface area contributed by atoms with E-state index in [1.807, 2.05) is 6.07 Å². The number of H-pyrrole nitrogens is 1. The number of unbranched alkanes of at least 4 members (excludes halogenated alkanes) is 1. The standard InChI is InChI=1S/C20H18FN3O/c1-2-3-5-13-8-9-18-16(10-13)19-17(12-22-18)20(25)24(23-19)15-7-4-6-14(21)11-15/h4,6-12,23H,2-3,5H2,1H3. The number of rotatable bonds is 4. The van der Waals surface area contributed by atoms with E-state index in [1.165, 1.54) is 22.4 Å². The molecule has 0 fully saturated rings. The third-order valence-corrected chi connectivity index (χ3v) is 4.47. The van der Waals surface area contributed by atoms with Gasteiger partial charge in [-0.1, -0.05) is 25.5 Å². The second-order valence-corrected chi connectivity index (χ2v) is 6.23. The molecule has 2 heterocycles. The highest BCUT2D eigenvalue weighted by Crippen LogP contribution is 2.23. The van der Waals surface area contributed by atoms with Crippen LogP contribution in [0.4, 0.5) is 4.39 Å². The molecule has 1 N–H and O–H groups in total. The molecule has 0 amide bonds. The van der Waals surface area contributed by atoms with Gasteiger partial charge in [-0.15, -0.1) is 0 Å². The summed E-state index contributed by atoms with van der Waals surface area (Å²) >= 11 is 0. The normalized spacial score (nSPS) is 11.4. The molecule has 0 radical (unpaired) electrons. The Hall–Kier alpha value is -2.95. The first-order chi connectivity index (χ1) is 12.2. The van der Waals surface area contributed by atoms with Crippen molar-refractivity contribution in [1.29, 1.82) is 0 Å². The van der Waals surface area contributed by atoms with Gasteiger partial charge in [0, 0.05) is 11.6 Å². The molecule has 0 unspecified atom stereocenters. The van der Waals surface area contributed by atoms with Crippen LogP contribution in [0.5, 0.6) is 0 Å². The lowest BCUT2D eigenvalue weighted by atomic mass is 10.0. The summed E-state index contributed by atoms with van der Waals surface area (Å²) in [6, 6.07) is 12.1. The van der Waals surface area contributed by atoms with Crippen LogP contribution in [0, 0.1) is 5.82 Å². The van der Waals surface area contributed by atoms with E-state index in [-0.39, 0.29) is 11.4 Å². The molecule has 25 heavy (non-hydrogen) atoms. The lowest BCUT2D eigenvalue weighted by molar-refractivity contribution is 0.625. The number of nitrogens with one attached hydrogen (secondary N) is 1. The topological polar surface area (TPSA) is 50.7 Å². The van der Waals surface area contributed by atoms with Gasteiger partial charge >= 0.3 is 0 Å². The van der Waals surface area contributed by atoms with Gasteiger partial charge in [0.25, 0.3) is 5.56 Å². The molecule has 0 aliphatic carbocycles. The van der Waals surface area contributed by atoms with Gasteiger partial charge in [0.2, 0.25) is 0 Å². The monoisotopic (exact) mass is 335 g/mol. The molecule has 0 atom stereocenters. The van der Waals surface area contributed by atoms with Gasteiger partial charge in [-0.2, -0.15) is 0 Å². The van der Waals surface area contributed by atoms with E-state index in [1.54, 1.807) is 18.3 Å². The Labute approximate surface area is 143 Å². The summed E-state index contributed by atoms with van der Waals surface area (Å²) in [5, 5.41) is 4.55. The Kier molecular flexibility index (Phi) is 3.84. The van der Waals surface area contributed by atoms with E-state index in [0.717, 1.165) is 35.7 Å². The molecule has 4 rings (SSSR count). The number of benzene rings is 2. The molecule has 5 heteroatoms. The van der Waals surface area contributed by atoms with Gasteiger partial charge in [0.05, 0.1) is 22.1 Å². The molecule has 0 spiro atoms. The SMILES string of the molecule is CCCCc1ccc2ncc3c(=O)n(-c4cccc(F)c4)[nH]c3c2c1. The average Bonchev–Trinajstić information content (AvgIpc) is 2.97. The molecule has 0 saturated carbocycles. The zero-order chi connectivity index (χ0) is 17.4. The predicted octanol–water partition coefficient (Wildman–Crippen LogP) is 4.35. The zero-order valence-electron chi connectivity index (χ0n) is 13.9. The van der Waals surface area contributed by atoms with Gasteiger partial charge in [-0.05, 0) is 48.7 Å². The molecule has 2 aromatic heterocycles. The van der Waals surface area contributed by atoms with Crippen LogP contribution in [0.2, 0.25) is 0 Å². The fraction of sp³-hybridized carbons (Fsp3) is 0.200. The number of aromatic nitrogens is 3. The number of aromatic amines is 1. The van der Waals surface area contributed by atoms with E-state index >= 15 is 0 Å². The molecular formula is C20H18FN3O. The fourth-order valence-corrected chi connectivity index (χ4v) is 3.14. The summed E-state index contributed by atoms with van der Waals surface area (Å²) < 4.78 is 14.9. The van der Waals surface area contributed by atoms with Crippen LogP contribution in [0.1, 0.15) is 25.3 Å². The van der Waals surface area contributed by atoms with Crippen molar-refractivity contribution >= 4 is 21.8 Å². The van der Waals surface area contributed by atoms with E-state index in [4.69, 9.17) is 0 Å². The molecule has 0 saturated heterocycles. The minimum Gasteiger partial charge on any atom is -0.290 e. The maximum atomic E-state index is 13.5. The van der Waals surface area contributed by atoms with Gasteiger partial charge in [-0.25, -0.2) is 9.07 Å². The number of hydrogen-bond donors (Lipinski definition) is 1. The summed E-state index contributed by atoms with van der Waals surface area (Å²) in [6.07, 6.45) is 4.83. The first-order valence-corrected chi connectivity index (χ1v) is 8.45. The van der Waals surface area contributed by atoms with Gasteiger partial charge in [-0.3, -0.25) is 14.9 Å². The molecular weight excluding hydrogens is 317 g/mol. The summed E-state index contributed by atoms with van der Waals surface area (Å²) in [5.74, 6) is -0.382. The lowest BCUT2D eigenvalue weighted by Crippen LogP contribution is -2.14. The van der Waals surface area contributed by atoms with E-state index in [9.17, 15) is 9.18 Å². The molecule has 0 aliphatic rings. The lowest BCUT2D eigenvalue weighted by Gasteiger charge is -2.04. The third-order valence-electron chi connectivity index (χ3n) is 4.47. The first kappa shape index (κ1) is 15.6. The average molecular weight is 335 g/mol. The maximum absolute atomic E-state index is 13.5. The van der Waals surface area contributed by atoms with E-state index in [2.05, 4.69) is 29.1 Å². The van der Waals surface area contributed by atoms with E-state index in [0.29, 0.717) is 11.1 Å². The Morgan fingerprint density at radius 2 is 2.04 bits per heavy atom. The molecule has 126 valence electrons. The summed E-state index contributed by atoms with van der Waals surface area (Å²) in [5.41, 5.74) is 3.03. The van der Waals surface area contributed by atoms with Crippen LogP contribution in [-0.2, 0) is 6.42 Å². The molecule has 0 aliphatic heterocycles. The van der Waals surface area contributed by atoms with Crippen molar-refractivity contribution in [3.05, 3.63) is 70.4 Å². The number of fused-ring (bicyclic) bond motifs is 3. The van der Waals surface area contributed by atoms with Gasteiger partial charge < -0.3 is 0 Å². The quantitative estimate of drug-likeness (QED) is 0.603. The van der Waals surface area contributed by atoms with Crippen LogP contribution in [0.3, 0.4) is 0 Å². The smallest absolute Gasteiger partial charge is 0.280 e. The summed E-state index contributed by atoms with van der Waals surface area (Å²) in [6.45, 7) is 2.16. The van der Waals surface area contributed by atoms with Crippen molar-refractivity contribution in [3.63, 3.8) is 0 Å². The molecule has 4 aromatic rings. The Balaban J connectivity index is 1.95. The number of hydrogen-bond acceptors (Lipinski definition) is 2. The van der Waals surface area contributed by atoms with Crippen LogP contribution < -0.4 is 5.56 Å². The van der Waals surface area contributed by atoms with Crippen LogP contribution in [0.15, 0.2) is 53.5 Å². The number of aryl methyl sites for hydroxylation is 1. The minimum atomic E-state index is -0.382. The van der Waals surface area contributed by atoms with Crippen molar-refractivity contribution in [2.45, 2.75) is 26.2 Å². The number of halogens is 1. The second kappa shape index (κ2) is 6.16. The van der Waals surface area contributed by atoms with Crippen molar-refractivity contribution in [2.24, 2.45) is 0 Å². The second-order valence-electron chi connectivity index (χ2n) is 6.23. The highest BCUT2D eigenvalue weighted by Gasteiger charge is 2.12. The highest BCUT2D eigenvalue weighted by molar-refractivity contribution is 6.03. The molecule has 2 aromatic carbocycles. The summed E-state index contributed by atoms with van der Waals surface area (Å²) in [7, 11) is 0. The third kappa shape index (κ3) is 2.71. The van der Waals surface area contributed by atoms with Crippen LogP contribution in [0.25, 0.3) is 27.5 Å². The zero-order valence-corrected chi connectivity index (χ0v) is 13.9. The number of pyridine rings is 1. The summed E-state index contributed by atoms with van der Waals surface area (Å²) in [4.78, 5) is 17.1. The Bertz CT molecular complexity index is 1130.